The van der Waals surface area contributed by atoms with E-state index in [9.17, 15) is 9.59 Å². The van der Waals surface area contributed by atoms with Gasteiger partial charge in [0.25, 0.3) is 5.91 Å². The predicted molar refractivity (Wildman–Crippen MR) is 79.4 cm³/mol. The molecule has 0 aromatic carbocycles. The third-order valence-electron chi connectivity index (χ3n) is 3.48. The van der Waals surface area contributed by atoms with Crippen LogP contribution in [0.4, 0.5) is 0 Å². The minimum atomic E-state index is -0.820. The van der Waals surface area contributed by atoms with Gasteiger partial charge in [0.1, 0.15) is 0 Å². The Bertz CT molecular complexity index is 477. The van der Waals surface area contributed by atoms with E-state index in [-0.39, 0.29) is 23.7 Å². The van der Waals surface area contributed by atoms with Gasteiger partial charge in [-0.15, -0.1) is 0 Å². The Morgan fingerprint density at radius 1 is 1.45 bits per heavy atom. The SMILES string of the molecule is CC(C)C[C@H](OC(=O)c1ccco1)C(=O)NC[C@@H]1CCCO1. The number of ether oxygens (including phenoxy) is 2. The summed E-state index contributed by atoms with van der Waals surface area (Å²) in [5, 5.41) is 2.81. The van der Waals surface area contributed by atoms with Crippen molar-refractivity contribution in [3.05, 3.63) is 24.2 Å². The molecular formula is C16H23NO5. The Hall–Kier alpha value is -1.82. The van der Waals surface area contributed by atoms with Gasteiger partial charge in [-0.3, -0.25) is 4.79 Å². The lowest BCUT2D eigenvalue weighted by atomic mass is 10.1. The highest BCUT2D eigenvalue weighted by Crippen LogP contribution is 2.14. The van der Waals surface area contributed by atoms with Crippen LogP contribution in [0.3, 0.4) is 0 Å². The lowest BCUT2D eigenvalue weighted by Crippen LogP contribution is -2.41. The van der Waals surface area contributed by atoms with Crippen molar-refractivity contribution in [3.63, 3.8) is 0 Å². The molecule has 22 heavy (non-hydrogen) atoms. The van der Waals surface area contributed by atoms with Crippen LogP contribution in [0.2, 0.25) is 0 Å². The molecule has 6 nitrogen and oxygen atoms in total. The maximum Gasteiger partial charge on any atom is 0.374 e. The highest BCUT2D eigenvalue weighted by molar-refractivity contribution is 5.90. The van der Waals surface area contributed by atoms with E-state index in [0.717, 1.165) is 19.4 Å². The molecule has 1 amide bonds. The van der Waals surface area contributed by atoms with Gasteiger partial charge >= 0.3 is 5.97 Å². The molecule has 1 fully saturated rings. The van der Waals surface area contributed by atoms with Crippen LogP contribution < -0.4 is 5.32 Å². The second-order valence-electron chi connectivity index (χ2n) is 5.88. The standard InChI is InChI=1S/C16H23NO5/c1-11(2)9-14(22-16(19)13-6-4-8-21-13)15(18)17-10-12-5-3-7-20-12/h4,6,8,11-12,14H,3,5,7,9-10H2,1-2H3,(H,17,18)/t12-,14-/m0/s1. The third-order valence-corrected chi connectivity index (χ3v) is 3.48. The number of furan rings is 1. The van der Waals surface area contributed by atoms with E-state index in [1.807, 2.05) is 13.8 Å². The summed E-state index contributed by atoms with van der Waals surface area (Å²) < 4.78 is 15.8. The van der Waals surface area contributed by atoms with Crippen molar-refractivity contribution in [1.82, 2.24) is 5.32 Å². The molecule has 1 saturated heterocycles. The van der Waals surface area contributed by atoms with E-state index >= 15 is 0 Å². The summed E-state index contributed by atoms with van der Waals surface area (Å²) in [6.45, 7) is 5.14. The first-order valence-electron chi connectivity index (χ1n) is 7.70. The van der Waals surface area contributed by atoms with Crippen LogP contribution in [0.15, 0.2) is 22.8 Å². The summed E-state index contributed by atoms with van der Waals surface area (Å²) in [5.74, 6) is -0.587. The molecule has 0 spiro atoms. The third kappa shape index (κ3) is 4.87. The van der Waals surface area contributed by atoms with Crippen molar-refractivity contribution >= 4 is 11.9 Å². The van der Waals surface area contributed by atoms with Gasteiger partial charge in [-0.25, -0.2) is 4.79 Å². The minimum Gasteiger partial charge on any atom is -0.457 e. The van der Waals surface area contributed by atoms with Crippen LogP contribution >= 0.6 is 0 Å². The van der Waals surface area contributed by atoms with Crippen molar-refractivity contribution in [3.8, 4) is 0 Å². The van der Waals surface area contributed by atoms with Gasteiger partial charge in [-0.2, -0.15) is 0 Å². The van der Waals surface area contributed by atoms with E-state index in [4.69, 9.17) is 13.9 Å². The Labute approximate surface area is 130 Å². The fraction of sp³-hybridized carbons (Fsp3) is 0.625. The molecule has 2 heterocycles. The van der Waals surface area contributed by atoms with E-state index in [2.05, 4.69) is 5.32 Å². The Kier molecular flexibility index (Phi) is 6.00. The number of hydrogen-bond acceptors (Lipinski definition) is 5. The van der Waals surface area contributed by atoms with Crippen LogP contribution in [0.25, 0.3) is 0 Å². The lowest BCUT2D eigenvalue weighted by Gasteiger charge is -2.20. The van der Waals surface area contributed by atoms with Crippen LogP contribution in [-0.2, 0) is 14.3 Å². The summed E-state index contributed by atoms with van der Waals surface area (Å²) in [6.07, 6.45) is 3.06. The van der Waals surface area contributed by atoms with Gasteiger partial charge in [0.2, 0.25) is 5.76 Å². The number of esters is 1. The molecule has 1 aromatic heterocycles. The monoisotopic (exact) mass is 309 g/mol. The molecule has 1 N–H and O–H groups in total. The molecule has 1 aliphatic heterocycles. The first kappa shape index (κ1) is 16.5. The van der Waals surface area contributed by atoms with Gasteiger partial charge in [0.05, 0.1) is 12.4 Å². The summed E-state index contributed by atoms with van der Waals surface area (Å²) in [5.41, 5.74) is 0. The molecule has 6 heteroatoms. The largest absolute Gasteiger partial charge is 0.457 e. The predicted octanol–water partition coefficient (Wildman–Crippen LogP) is 2.15. The van der Waals surface area contributed by atoms with Crippen molar-refractivity contribution in [2.45, 2.75) is 45.3 Å². The van der Waals surface area contributed by atoms with E-state index in [1.54, 1.807) is 6.07 Å². The number of amides is 1. The molecule has 1 aromatic rings. The summed E-state index contributed by atoms with van der Waals surface area (Å²) in [4.78, 5) is 24.2. The van der Waals surface area contributed by atoms with Crippen LogP contribution in [0, 0.1) is 5.92 Å². The van der Waals surface area contributed by atoms with Gasteiger partial charge in [-0.05, 0) is 37.3 Å². The molecule has 0 aliphatic carbocycles. The normalized spacial score (nSPS) is 19.1. The summed E-state index contributed by atoms with van der Waals surface area (Å²) >= 11 is 0. The average Bonchev–Trinajstić information content (AvgIpc) is 3.16. The maximum atomic E-state index is 12.3. The molecular weight excluding hydrogens is 286 g/mol. The molecule has 0 saturated carbocycles. The zero-order valence-corrected chi connectivity index (χ0v) is 13.0. The number of rotatable bonds is 7. The van der Waals surface area contributed by atoms with Gasteiger partial charge < -0.3 is 19.2 Å². The second kappa shape index (κ2) is 7.98. The molecule has 2 rings (SSSR count). The van der Waals surface area contributed by atoms with Crippen LogP contribution in [-0.4, -0.2) is 37.2 Å². The number of hydrogen-bond donors (Lipinski definition) is 1. The van der Waals surface area contributed by atoms with E-state index in [0.29, 0.717) is 13.0 Å². The van der Waals surface area contributed by atoms with Crippen molar-refractivity contribution in [2.75, 3.05) is 13.2 Å². The Morgan fingerprint density at radius 3 is 2.86 bits per heavy atom. The number of nitrogens with one attached hydrogen (secondary N) is 1. The average molecular weight is 309 g/mol. The first-order valence-corrected chi connectivity index (χ1v) is 7.70. The fourth-order valence-corrected chi connectivity index (χ4v) is 2.35. The maximum absolute atomic E-state index is 12.3. The second-order valence-corrected chi connectivity index (χ2v) is 5.88. The van der Waals surface area contributed by atoms with Crippen molar-refractivity contribution < 1.29 is 23.5 Å². The van der Waals surface area contributed by atoms with E-state index < -0.39 is 12.1 Å². The molecule has 0 unspecified atom stereocenters. The first-order chi connectivity index (χ1) is 10.6. The zero-order chi connectivity index (χ0) is 15.9. The molecule has 1 aliphatic rings. The summed E-state index contributed by atoms with van der Waals surface area (Å²) in [6, 6.07) is 3.12. The van der Waals surface area contributed by atoms with Gasteiger partial charge in [-0.1, -0.05) is 13.8 Å². The molecule has 0 bridgehead atoms. The lowest BCUT2D eigenvalue weighted by molar-refractivity contribution is -0.131. The van der Waals surface area contributed by atoms with Crippen LogP contribution in [0.5, 0.6) is 0 Å². The summed E-state index contributed by atoms with van der Waals surface area (Å²) in [7, 11) is 0. The van der Waals surface area contributed by atoms with Gasteiger partial charge in [0, 0.05) is 13.2 Å². The Balaban J connectivity index is 1.89. The van der Waals surface area contributed by atoms with Gasteiger partial charge in [0.15, 0.2) is 6.10 Å². The minimum absolute atomic E-state index is 0.0597. The quantitative estimate of drug-likeness (QED) is 0.781. The topological polar surface area (TPSA) is 77.8 Å². The Morgan fingerprint density at radius 2 is 2.27 bits per heavy atom. The highest BCUT2D eigenvalue weighted by atomic mass is 16.6. The molecule has 122 valence electrons. The fourth-order valence-electron chi connectivity index (χ4n) is 2.35. The number of carbonyl (C=O) groups excluding carboxylic acids is 2. The van der Waals surface area contributed by atoms with Crippen molar-refractivity contribution in [1.29, 1.82) is 0 Å². The molecule has 0 radical (unpaired) electrons. The smallest absolute Gasteiger partial charge is 0.374 e. The van der Waals surface area contributed by atoms with E-state index in [1.165, 1.54) is 12.3 Å². The highest BCUT2D eigenvalue weighted by Gasteiger charge is 2.26. The molecule has 2 atom stereocenters. The van der Waals surface area contributed by atoms with Crippen LogP contribution in [0.1, 0.15) is 43.7 Å². The zero-order valence-electron chi connectivity index (χ0n) is 13.0. The number of carbonyl (C=O) groups is 2. The van der Waals surface area contributed by atoms with Crippen molar-refractivity contribution in [2.24, 2.45) is 5.92 Å².